The van der Waals surface area contributed by atoms with Gasteiger partial charge in [0.1, 0.15) is 18.5 Å². The molecule has 2 heterocycles. The van der Waals surface area contributed by atoms with Crippen LogP contribution in [-0.2, 0) is 14.3 Å². The van der Waals surface area contributed by atoms with Gasteiger partial charge in [-0.05, 0) is 18.2 Å². The van der Waals surface area contributed by atoms with Gasteiger partial charge in [-0.25, -0.2) is 9.38 Å². The van der Waals surface area contributed by atoms with Crippen LogP contribution in [0.25, 0.3) is 0 Å². The monoisotopic (exact) mass is 321 g/mol. The van der Waals surface area contributed by atoms with Crippen molar-refractivity contribution in [3.05, 3.63) is 29.6 Å². The summed E-state index contributed by atoms with van der Waals surface area (Å²) in [5.41, 5.74) is 1.19. The highest BCUT2D eigenvalue weighted by molar-refractivity contribution is 5.95. The van der Waals surface area contributed by atoms with E-state index < -0.39 is 0 Å². The molecule has 0 spiro atoms. The van der Waals surface area contributed by atoms with Crippen LogP contribution in [0.5, 0.6) is 0 Å². The smallest absolute Gasteiger partial charge is 0.216 e. The molecule has 7 heteroatoms. The van der Waals surface area contributed by atoms with Gasteiger partial charge in [-0.2, -0.15) is 0 Å². The van der Waals surface area contributed by atoms with E-state index in [1.54, 1.807) is 6.07 Å². The molecular formula is C16H20FN3O3. The van der Waals surface area contributed by atoms with E-state index in [1.165, 1.54) is 13.0 Å². The molecule has 23 heavy (non-hydrogen) atoms. The summed E-state index contributed by atoms with van der Waals surface area (Å²) in [7, 11) is 0. The summed E-state index contributed by atoms with van der Waals surface area (Å²) in [5.74, 6) is 0.0309. The van der Waals surface area contributed by atoms with Crippen LogP contribution in [0.2, 0.25) is 0 Å². The Bertz CT molecular complexity index is 615. The third-order valence-corrected chi connectivity index (χ3v) is 3.85. The largest absolute Gasteiger partial charge is 0.475 e. The van der Waals surface area contributed by atoms with Crippen LogP contribution in [0.15, 0.2) is 23.2 Å². The van der Waals surface area contributed by atoms with Crippen LogP contribution in [0.4, 0.5) is 10.1 Å². The average molecular weight is 321 g/mol. The number of rotatable bonds is 4. The van der Waals surface area contributed by atoms with Crippen molar-refractivity contribution in [1.82, 2.24) is 5.32 Å². The molecule has 2 aliphatic heterocycles. The summed E-state index contributed by atoms with van der Waals surface area (Å²) in [4.78, 5) is 17.3. The van der Waals surface area contributed by atoms with Crippen LogP contribution < -0.4 is 10.2 Å². The minimum absolute atomic E-state index is 0.102. The Morgan fingerprint density at radius 1 is 1.43 bits per heavy atom. The lowest BCUT2D eigenvalue weighted by Gasteiger charge is -2.29. The first kappa shape index (κ1) is 15.7. The Kier molecular flexibility index (Phi) is 4.76. The molecule has 1 aromatic carbocycles. The van der Waals surface area contributed by atoms with Crippen molar-refractivity contribution < 1.29 is 18.7 Å². The fraction of sp³-hybridized carbons (Fsp3) is 0.500. The van der Waals surface area contributed by atoms with Crippen molar-refractivity contribution in [2.45, 2.75) is 13.0 Å². The third kappa shape index (κ3) is 3.79. The zero-order valence-corrected chi connectivity index (χ0v) is 13.0. The molecule has 124 valence electrons. The molecule has 0 bridgehead atoms. The first-order chi connectivity index (χ1) is 11.1. The molecule has 1 N–H and O–H groups in total. The Morgan fingerprint density at radius 2 is 2.22 bits per heavy atom. The number of hydrogen-bond acceptors (Lipinski definition) is 5. The summed E-state index contributed by atoms with van der Waals surface area (Å²) < 4.78 is 25.2. The molecule has 1 saturated heterocycles. The Morgan fingerprint density at radius 3 is 2.91 bits per heavy atom. The summed E-state index contributed by atoms with van der Waals surface area (Å²) in [6.07, 6.45) is 0. The second-order valence-electron chi connectivity index (χ2n) is 5.60. The normalized spacial score (nSPS) is 20.9. The van der Waals surface area contributed by atoms with E-state index in [0.29, 0.717) is 56.6 Å². The number of ether oxygens (including phenoxy) is 2. The lowest BCUT2D eigenvalue weighted by molar-refractivity contribution is -0.119. The predicted molar refractivity (Wildman–Crippen MR) is 84.4 cm³/mol. The van der Waals surface area contributed by atoms with Crippen molar-refractivity contribution in [3.63, 3.8) is 0 Å². The summed E-state index contributed by atoms with van der Waals surface area (Å²) in [5, 5.41) is 2.70. The first-order valence-electron chi connectivity index (χ1n) is 7.71. The third-order valence-electron chi connectivity index (χ3n) is 3.85. The lowest BCUT2D eigenvalue weighted by Crippen LogP contribution is -2.36. The molecule has 1 fully saturated rings. The van der Waals surface area contributed by atoms with E-state index in [0.717, 1.165) is 0 Å². The number of aliphatic imine (C=N–C) groups is 1. The maximum Gasteiger partial charge on any atom is 0.216 e. The zero-order chi connectivity index (χ0) is 16.2. The van der Waals surface area contributed by atoms with Crippen molar-refractivity contribution in [1.29, 1.82) is 0 Å². The molecule has 0 unspecified atom stereocenters. The van der Waals surface area contributed by atoms with Gasteiger partial charge in [-0.1, -0.05) is 0 Å². The number of hydrogen-bond donors (Lipinski definition) is 1. The Balaban J connectivity index is 1.70. The Labute approximate surface area is 134 Å². The van der Waals surface area contributed by atoms with Gasteiger partial charge in [0.2, 0.25) is 11.8 Å². The SMILES string of the molecule is CC(=O)NC[C@@H]1COC(c2ccc(N3CCOCC3)c(F)c2)=N1. The van der Waals surface area contributed by atoms with Crippen LogP contribution in [-0.4, -0.2) is 57.3 Å². The number of benzene rings is 1. The van der Waals surface area contributed by atoms with Crippen molar-refractivity contribution in [2.75, 3.05) is 44.4 Å². The standard InChI is InChI=1S/C16H20FN3O3/c1-11(21)18-9-13-10-23-16(19-13)12-2-3-15(14(17)8-12)20-4-6-22-7-5-20/h2-3,8,13H,4-7,9-10H2,1H3,(H,18,21)/t13-/m1/s1. The van der Waals surface area contributed by atoms with Gasteiger partial charge in [0, 0.05) is 32.1 Å². The summed E-state index contributed by atoms with van der Waals surface area (Å²) >= 11 is 0. The predicted octanol–water partition coefficient (Wildman–Crippen LogP) is 0.944. The molecule has 0 aromatic heterocycles. The highest BCUT2D eigenvalue weighted by Crippen LogP contribution is 2.23. The molecule has 1 aromatic rings. The first-order valence-corrected chi connectivity index (χ1v) is 7.71. The van der Waals surface area contributed by atoms with Crippen LogP contribution in [0.1, 0.15) is 12.5 Å². The highest BCUT2D eigenvalue weighted by atomic mass is 19.1. The molecule has 1 amide bonds. The van der Waals surface area contributed by atoms with E-state index in [2.05, 4.69) is 10.3 Å². The minimum atomic E-state index is -0.291. The van der Waals surface area contributed by atoms with E-state index in [9.17, 15) is 9.18 Å². The number of carbonyl (C=O) groups excluding carboxylic acids is 1. The molecule has 3 rings (SSSR count). The second kappa shape index (κ2) is 6.95. The van der Waals surface area contributed by atoms with Crippen LogP contribution >= 0.6 is 0 Å². The molecule has 0 aliphatic carbocycles. The number of anilines is 1. The topological polar surface area (TPSA) is 63.2 Å². The number of amides is 1. The van der Waals surface area contributed by atoms with Crippen molar-refractivity contribution >= 4 is 17.5 Å². The number of nitrogens with zero attached hydrogens (tertiary/aromatic N) is 2. The molecule has 0 saturated carbocycles. The maximum absolute atomic E-state index is 14.4. The van der Waals surface area contributed by atoms with Crippen LogP contribution in [0.3, 0.4) is 0 Å². The number of nitrogens with one attached hydrogen (secondary N) is 1. The van der Waals surface area contributed by atoms with Crippen molar-refractivity contribution in [2.24, 2.45) is 4.99 Å². The van der Waals surface area contributed by atoms with Crippen LogP contribution in [0, 0.1) is 5.82 Å². The quantitative estimate of drug-likeness (QED) is 0.897. The van der Waals surface area contributed by atoms with Gasteiger partial charge in [0.15, 0.2) is 0 Å². The van der Waals surface area contributed by atoms with Gasteiger partial charge < -0.3 is 19.7 Å². The Hall–Kier alpha value is -2.15. The van der Waals surface area contributed by atoms with Gasteiger partial charge in [-0.15, -0.1) is 0 Å². The zero-order valence-electron chi connectivity index (χ0n) is 13.0. The number of halogens is 1. The summed E-state index contributed by atoms with van der Waals surface area (Å²) in [6, 6.07) is 4.89. The lowest BCUT2D eigenvalue weighted by atomic mass is 10.1. The van der Waals surface area contributed by atoms with E-state index in [1.807, 2.05) is 11.0 Å². The van der Waals surface area contributed by atoms with Crippen molar-refractivity contribution in [3.8, 4) is 0 Å². The van der Waals surface area contributed by atoms with E-state index in [-0.39, 0.29) is 17.8 Å². The van der Waals surface area contributed by atoms with E-state index in [4.69, 9.17) is 9.47 Å². The fourth-order valence-electron chi connectivity index (χ4n) is 2.64. The molecule has 0 radical (unpaired) electrons. The molecule has 1 atom stereocenters. The van der Waals surface area contributed by atoms with Gasteiger partial charge in [-0.3, -0.25) is 4.79 Å². The van der Waals surface area contributed by atoms with Gasteiger partial charge in [0.05, 0.1) is 18.9 Å². The summed E-state index contributed by atoms with van der Waals surface area (Å²) in [6.45, 7) is 4.87. The maximum atomic E-state index is 14.4. The van der Waals surface area contributed by atoms with E-state index >= 15 is 0 Å². The fourth-order valence-corrected chi connectivity index (χ4v) is 2.64. The highest BCUT2D eigenvalue weighted by Gasteiger charge is 2.22. The van der Waals surface area contributed by atoms with Gasteiger partial charge >= 0.3 is 0 Å². The average Bonchev–Trinajstić information content (AvgIpc) is 3.02. The number of morpholine rings is 1. The molecular weight excluding hydrogens is 301 g/mol. The molecule has 6 nitrogen and oxygen atoms in total. The number of carbonyl (C=O) groups is 1. The van der Waals surface area contributed by atoms with Gasteiger partial charge in [0.25, 0.3) is 0 Å². The molecule has 2 aliphatic rings. The minimum Gasteiger partial charge on any atom is -0.475 e. The second-order valence-corrected chi connectivity index (χ2v) is 5.60.